The molecule has 84 valence electrons. The highest BCUT2D eigenvalue weighted by atomic mass is 16.5. The SMILES string of the molecule is CCn1cc(N(C)C2CCOCC2)cn1. The molecule has 1 aromatic heterocycles. The van der Waals surface area contributed by atoms with Crippen LogP contribution in [0.2, 0.25) is 0 Å². The summed E-state index contributed by atoms with van der Waals surface area (Å²) in [5.41, 5.74) is 1.21. The summed E-state index contributed by atoms with van der Waals surface area (Å²) in [7, 11) is 2.15. The Morgan fingerprint density at radius 3 is 2.87 bits per heavy atom. The summed E-state index contributed by atoms with van der Waals surface area (Å²) >= 11 is 0. The highest BCUT2D eigenvalue weighted by molar-refractivity contribution is 5.42. The van der Waals surface area contributed by atoms with Crippen LogP contribution in [-0.2, 0) is 11.3 Å². The third kappa shape index (κ3) is 2.31. The Balaban J connectivity index is 2.02. The fraction of sp³-hybridized carbons (Fsp3) is 0.727. The van der Waals surface area contributed by atoms with E-state index < -0.39 is 0 Å². The molecule has 15 heavy (non-hydrogen) atoms. The first-order valence-electron chi connectivity index (χ1n) is 5.64. The molecule has 0 radical (unpaired) electrons. The topological polar surface area (TPSA) is 30.3 Å². The van der Waals surface area contributed by atoms with E-state index in [1.807, 2.05) is 10.9 Å². The summed E-state index contributed by atoms with van der Waals surface area (Å²) in [6.45, 7) is 4.81. The van der Waals surface area contributed by atoms with Gasteiger partial charge < -0.3 is 9.64 Å². The van der Waals surface area contributed by atoms with Gasteiger partial charge >= 0.3 is 0 Å². The quantitative estimate of drug-likeness (QED) is 0.756. The average Bonchev–Trinajstić information content (AvgIpc) is 2.78. The van der Waals surface area contributed by atoms with E-state index in [4.69, 9.17) is 4.74 Å². The average molecular weight is 209 g/mol. The van der Waals surface area contributed by atoms with E-state index in [0.717, 1.165) is 32.6 Å². The molecular formula is C11H19N3O. The molecule has 0 spiro atoms. The minimum absolute atomic E-state index is 0.605. The molecule has 0 unspecified atom stereocenters. The summed E-state index contributed by atoms with van der Waals surface area (Å²) in [6, 6.07) is 0.605. The molecule has 0 atom stereocenters. The predicted octanol–water partition coefficient (Wildman–Crippen LogP) is 1.52. The van der Waals surface area contributed by atoms with Crippen LogP contribution < -0.4 is 4.90 Å². The highest BCUT2D eigenvalue weighted by Crippen LogP contribution is 2.20. The number of hydrogen-bond acceptors (Lipinski definition) is 3. The van der Waals surface area contributed by atoms with Crippen LogP contribution in [0.3, 0.4) is 0 Å². The molecule has 0 aromatic carbocycles. The molecule has 4 heteroatoms. The van der Waals surface area contributed by atoms with Gasteiger partial charge in [-0.05, 0) is 19.8 Å². The first-order chi connectivity index (χ1) is 7.31. The minimum atomic E-state index is 0.605. The molecule has 4 nitrogen and oxygen atoms in total. The standard InChI is InChI=1S/C11H19N3O/c1-3-14-9-11(8-12-14)13(2)10-4-6-15-7-5-10/h8-10H,3-7H2,1-2H3. The molecule has 0 N–H and O–H groups in total. The molecule has 1 aromatic rings. The summed E-state index contributed by atoms with van der Waals surface area (Å²) in [4.78, 5) is 2.32. The molecule has 2 rings (SSSR count). The molecule has 1 aliphatic rings. The lowest BCUT2D eigenvalue weighted by Gasteiger charge is -2.31. The van der Waals surface area contributed by atoms with E-state index in [0.29, 0.717) is 6.04 Å². The third-order valence-electron chi connectivity index (χ3n) is 3.09. The van der Waals surface area contributed by atoms with Crippen molar-refractivity contribution in [1.29, 1.82) is 0 Å². The van der Waals surface area contributed by atoms with E-state index >= 15 is 0 Å². The zero-order valence-electron chi connectivity index (χ0n) is 9.52. The molecule has 0 amide bonds. The molecule has 0 saturated carbocycles. The maximum absolute atomic E-state index is 5.36. The fourth-order valence-electron chi connectivity index (χ4n) is 1.99. The number of hydrogen-bond donors (Lipinski definition) is 0. The normalized spacial score (nSPS) is 18.0. The molecule has 1 fully saturated rings. The van der Waals surface area contributed by atoms with Crippen LogP contribution >= 0.6 is 0 Å². The zero-order valence-corrected chi connectivity index (χ0v) is 9.52. The van der Waals surface area contributed by atoms with Gasteiger partial charge in [0.25, 0.3) is 0 Å². The maximum atomic E-state index is 5.36. The van der Waals surface area contributed by atoms with Crippen molar-refractivity contribution >= 4 is 5.69 Å². The first kappa shape index (κ1) is 10.5. The number of ether oxygens (including phenoxy) is 1. The second-order valence-corrected chi connectivity index (χ2v) is 4.01. The van der Waals surface area contributed by atoms with Gasteiger partial charge in [0.2, 0.25) is 0 Å². The van der Waals surface area contributed by atoms with Crippen molar-refractivity contribution in [2.45, 2.75) is 32.4 Å². The van der Waals surface area contributed by atoms with Crippen molar-refractivity contribution in [3.8, 4) is 0 Å². The Morgan fingerprint density at radius 2 is 2.27 bits per heavy atom. The van der Waals surface area contributed by atoms with Gasteiger partial charge in [0.05, 0.1) is 11.9 Å². The molecular weight excluding hydrogens is 190 g/mol. The van der Waals surface area contributed by atoms with Crippen LogP contribution in [0.25, 0.3) is 0 Å². The lowest BCUT2D eigenvalue weighted by atomic mass is 10.1. The minimum Gasteiger partial charge on any atom is -0.381 e. The van der Waals surface area contributed by atoms with Gasteiger partial charge in [0.15, 0.2) is 0 Å². The van der Waals surface area contributed by atoms with Gasteiger partial charge in [-0.1, -0.05) is 0 Å². The Bertz CT molecular complexity index is 305. The van der Waals surface area contributed by atoms with Crippen molar-refractivity contribution < 1.29 is 4.74 Å². The number of nitrogens with zero attached hydrogens (tertiary/aromatic N) is 3. The molecule has 0 bridgehead atoms. The van der Waals surface area contributed by atoms with E-state index in [2.05, 4.69) is 30.2 Å². The Hall–Kier alpha value is -1.03. The number of aryl methyl sites for hydroxylation is 1. The van der Waals surface area contributed by atoms with Crippen LogP contribution in [0.5, 0.6) is 0 Å². The lowest BCUT2D eigenvalue weighted by Crippen LogP contribution is -2.36. The van der Waals surface area contributed by atoms with Crippen LogP contribution in [0.15, 0.2) is 12.4 Å². The first-order valence-corrected chi connectivity index (χ1v) is 5.64. The third-order valence-corrected chi connectivity index (χ3v) is 3.09. The van der Waals surface area contributed by atoms with Crippen molar-refractivity contribution in [2.24, 2.45) is 0 Å². The van der Waals surface area contributed by atoms with E-state index in [1.165, 1.54) is 5.69 Å². The summed E-state index contributed by atoms with van der Waals surface area (Å²) in [5, 5.41) is 4.29. The largest absolute Gasteiger partial charge is 0.381 e. The van der Waals surface area contributed by atoms with E-state index in [9.17, 15) is 0 Å². The smallest absolute Gasteiger partial charge is 0.0752 e. The Kier molecular flexibility index (Phi) is 3.26. The van der Waals surface area contributed by atoms with Gasteiger partial charge in [-0.3, -0.25) is 4.68 Å². The van der Waals surface area contributed by atoms with Crippen LogP contribution in [0, 0.1) is 0 Å². The zero-order chi connectivity index (χ0) is 10.7. The second-order valence-electron chi connectivity index (χ2n) is 4.01. The highest BCUT2D eigenvalue weighted by Gasteiger charge is 2.19. The van der Waals surface area contributed by atoms with E-state index in [-0.39, 0.29) is 0 Å². The Morgan fingerprint density at radius 1 is 1.53 bits per heavy atom. The van der Waals surface area contributed by atoms with Gasteiger partial charge in [0.1, 0.15) is 0 Å². The van der Waals surface area contributed by atoms with Crippen LogP contribution in [-0.4, -0.2) is 36.1 Å². The van der Waals surface area contributed by atoms with Gasteiger partial charge in [-0.25, -0.2) is 0 Å². The van der Waals surface area contributed by atoms with Crippen molar-refractivity contribution in [3.63, 3.8) is 0 Å². The van der Waals surface area contributed by atoms with Crippen molar-refractivity contribution in [3.05, 3.63) is 12.4 Å². The lowest BCUT2D eigenvalue weighted by molar-refractivity contribution is 0.0855. The van der Waals surface area contributed by atoms with Gasteiger partial charge in [0, 0.05) is 39.0 Å². The fourth-order valence-corrected chi connectivity index (χ4v) is 1.99. The molecule has 0 aliphatic carbocycles. The van der Waals surface area contributed by atoms with Gasteiger partial charge in [-0.2, -0.15) is 5.10 Å². The van der Waals surface area contributed by atoms with Crippen molar-refractivity contribution in [1.82, 2.24) is 9.78 Å². The van der Waals surface area contributed by atoms with Crippen molar-refractivity contribution in [2.75, 3.05) is 25.2 Å². The maximum Gasteiger partial charge on any atom is 0.0752 e. The number of aromatic nitrogens is 2. The van der Waals surface area contributed by atoms with Gasteiger partial charge in [-0.15, -0.1) is 0 Å². The molecule has 1 aliphatic heterocycles. The molecule has 1 saturated heterocycles. The summed E-state index contributed by atoms with van der Waals surface area (Å²) in [6.07, 6.45) is 6.29. The number of anilines is 1. The molecule has 2 heterocycles. The number of rotatable bonds is 3. The summed E-state index contributed by atoms with van der Waals surface area (Å²) in [5.74, 6) is 0. The predicted molar refractivity (Wildman–Crippen MR) is 60.1 cm³/mol. The van der Waals surface area contributed by atoms with E-state index in [1.54, 1.807) is 0 Å². The van der Waals surface area contributed by atoms with Crippen LogP contribution in [0.4, 0.5) is 5.69 Å². The van der Waals surface area contributed by atoms with Crippen LogP contribution in [0.1, 0.15) is 19.8 Å². The Labute approximate surface area is 90.8 Å². The second kappa shape index (κ2) is 4.66. The summed E-state index contributed by atoms with van der Waals surface area (Å²) < 4.78 is 7.33. The monoisotopic (exact) mass is 209 g/mol.